The molecule has 0 fully saturated rings. The molecule has 1 aliphatic heterocycles. The molecule has 27 heavy (non-hydrogen) atoms. The van der Waals surface area contributed by atoms with E-state index in [0.717, 1.165) is 11.3 Å². The van der Waals surface area contributed by atoms with Crippen molar-refractivity contribution in [3.05, 3.63) is 29.3 Å². The van der Waals surface area contributed by atoms with Crippen LogP contribution >= 0.6 is 11.8 Å². The molecule has 1 aromatic rings. The quantitative estimate of drug-likeness (QED) is 0.525. The Bertz CT molecular complexity index is 654. The Morgan fingerprint density at radius 1 is 1.22 bits per heavy atom. The van der Waals surface area contributed by atoms with Crippen molar-refractivity contribution < 1.29 is 14.3 Å². The van der Waals surface area contributed by atoms with Crippen LogP contribution in [-0.2, 0) is 9.47 Å². The first kappa shape index (κ1) is 21.7. The van der Waals surface area contributed by atoms with Crippen molar-refractivity contribution in [2.75, 3.05) is 44.8 Å². The summed E-state index contributed by atoms with van der Waals surface area (Å²) >= 11 is 1.60. The summed E-state index contributed by atoms with van der Waals surface area (Å²) < 4.78 is 10.8. The third-order valence-electron chi connectivity index (χ3n) is 4.29. The summed E-state index contributed by atoms with van der Waals surface area (Å²) in [5.74, 6) is -0.128. The van der Waals surface area contributed by atoms with Gasteiger partial charge in [-0.25, -0.2) is 0 Å². The van der Waals surface area contributed by atoms with Gasteiger partial charge < -0.3 is 25.8 Å². The number of carbonyl (C=O) groups is 1. The number of hydrogen-bond acceptors (Lipinski definition) is 7. The van der Waals surface area contributed by atoms with Gasteiger partial charge in [0.15, 0.2) is 5.17 Å². The standard InChI is InChI=1S/C19H30N4O3S/c1-13-16(18(24)23-19-22-14(2)15(3)27-19)5-4-6-17(13)21-8-10-26-12-11-25-9-7-20/h4-6,14-15,21H,7-12,20H2,1-3H3,(H,22,23,24). The molecule has 1 aliphatic rings. The lowest BCUT2D eigenvalue weighted by molar-refractivity contribution is 0.0548. The molecule has 8 heteroatoms. The van der Waals surface area contributed by atoms with E-state index in [2.05, 4.69) is 29.5 Å². The van der Waals surface area contributed by atoms with Crippen molar-refractivity contribution in [2.24, 2.45) is 10.7 Å². The van der Waals surface area contributed by atoms with Gasteiger partial charge in [0.25, 0.3) is 5.91 Å². The van der Waals surface area contributed by atoms with E-state index in [9.17, 15) is 4.79 Å². The number of nitrogens with zero attached hydrogens (tertiary/aromatic N) is 1. The number of benzene rings is 1. The van der Waals surface area contributed by atoms with Crippen LogP contribution in [0.5, 0.6) is 0 Å². The monoisotopic (exact) mass is 394 g/mol. The molecular weight excluding hydrogens is 364 g/mol. The zero-order valence-corrected chi connectivity index (χ0v) is 17.1. The predicted molar refractivity (Wildman–Crippen MR) is 112 cm³/mol. The molecule has 1 heterocycles. The zero-order chi connectivity index (χ0) is 19.6. The second-order valence-corrected chi connectivity index (χ2v) is 7.74. The summed E-state index contributed by atoms with van der Waals surface area (Å²) in [5, 5.41) is 7.32. The van der Waals surface area contributed by atoms with Crippen LogP contribution in [0.4, 0.5) is 5.69 Å². The maximum absolute atomic E-state index is 12.6. The van der Waals surface area contributed by atoms with Crippen LogP contribution in [0.1, 0.15) is 29.8 Å². The van der Waals surface area contributed by atoms with Crippen LogP contribution in [0.15, 0.2) is 23.2 Å². The number of thioether (sulfide) groups is 1. The van der Waals surface area contributed by atoms with Crippen LogP contribution < -0.4 is 16.4 Å². The van der Waals surface area contributed by atoms with E-state index in [1.165, 1.54) is 0 Å². The Labute approximate surface area is 165 Å². The molecule has 1 aromatic carbocycles. The molecule has 0 saturated carbocycles. The number of amidine groups is 1. The Balaban J connectivity index is 1.81. The van der Waals surface area contributed by atoms with Crippen LogP contribution in [0.2, 0.25) is 0 Å². The molecule has 0 radical (unpaired) electrons. The van der Waals surface area contributed by atoms with Gasteiger partial charge in [0.05, 0.1) is 32.5 Å². The average molecular weight is 395 g/mol. The van der Waals surface area contributed by atoms with E-state index in [4.69, 9.17) is 15.2 Å². The second kappa shape index (κ2) is 11.3. The zero-order valence-electron chi connectivity index (χ0n) is 16.3. The maximum atomic E-state index is 12.6. The van der Waals surface area contributed by atoms with Gasteiger partial charge in [0.1, 0.15) is 0 Å². The normalized spacial score (nSPS) is 19.0. The number of ether oxygens (including phenoxy) is 2. The molecule has 0 aliphatic carbocycles. The topological polar surface area (TPSA) is 98.0 Å². The van der Waals surface area contributed by atoms with Crippen molar-refractivity contribution in [3.8, 4) is 0 Å². The summed E-state index contributed by atoms with van der Waals surface area (Å²) in [7, 11) is 0. The Morgan fingerprint density at radius 3 is 2.63 bits per heavy atom. The Morgan fingerprint density at radius 2 is 1.96 bits per heavy atom. The van der Waals surface area contributed by atoms with Gasteiger partial charge in [-0.1, -0.05) is 24.8 Å². The van der Waals surface area contributed by atoms with Crippen molar-refractivity contribution in [2.45, 2.75) is 32.1 Å². The van der Waals surface area contributed by atoms with Gasteiger partial charge in [-0.15, -0.1) is 0 Å². The molecule has 0 saturated heterocycles. The molecule has 0 bridgehead atoms. The fourth-order valence-electron chi connectivity index (χ4n) is 2.56. The smallest absolute Gasteiger partial charge is 0.257 e. The molecule has 0 spiro atoms. The van der Waals surface area contributed by atoms with Crippen LogP contribution in [-0.4, -0.2) is 61.9 Å². The van der Waals surface area contributed by atoms with Crippen molar-refractivity contribution in [1.82, 2.24) is 5.32 Å². The predicted octanol–water partition coefficient (Wildman–Crippen LogP) is 2.01. The number of amides is 1. The third kappa shape index (κ3) is 6.80. The lowest BCUT2D eigenvalue weighted by atomic mass is 10.1. The molecule has 150 valence electrons. The molecule has 2 atom stereocenters. The molecule has 0 aromatic heterocycles. The number of aliphatic imine (C=N–C) groups is 1. The maximum Gasteiger partial charge on any atom is 0.257 e. The van der Waals surface area contributed by atoms with Crippen molar-refractivity contribution in [3.63, 3.8) is 0 Å². The van der Waals surface area contributed by atoms with Crippen LogP contribution in [0.3, 0.4) is 0 Å². The van der Waals surface area contributed by atoms with Gasteiger partial charge in [-0.3, -0.25) is 9.79 Å². The molecular formula is C19H30N4O3S. The van der Waals surface area contributed by atoms with Gasteiger partial charge in [0.2, 0.25) is 0 Å². The van der Waals surface area contributed by atoms with Crippen LogP contribution in [0.25, 0.3) is 0 Å². The first-order valence-electron chi connectivity index (χ1n) is 9.27. The molecule has 2 rings (SSSR count). The fraction of sp³-hybridized carbons (Fsp3) is 0.579. The van der Waals surface area contributed by atoms with Gasteiger partial charge in [-0.05, 0) is 31.5 Å². The number of rotatable bonds is 10. The van der Waals surface area contributed by atoms with Crippen LogP contribution in [0, 0.1) is 6.92 Å². The SMILES string of the molecule is Cc1c(NCCOCCOCCN)cccc1C(=O)NC1=NC(C)C(C)S1. The van der Waals surface area contributed by atoms with Crippen molar-refractivity contribution >= 4 is 28.5 Å². The second-order valence-electron chi connectivity index (χ2n) is 6.37. The van der Waals surface area contributed by atoms with Gasteiger partial charge in [0, 0.05) is 29.6 Å². The van der Waals surface area contributed by atoms with E-state index in [1.54, 1.807) is 11.8 Å². The highest BCUT2D eigenvalue weighted by Gasteiger charge is 2.24. The number of nitrogens with two attached hydrogens (primary N) is 1. The van der Waals surface area contributed by atoms with E-state index >= 15 is 0 Å². The van der Waals surface area contributed by atoms with Crippen molar-refractivity contribution in [1.29, 1.82) is 0 Å². The minimum absolute atomic E-state index is 0.128. The lowest BCUT2D eigenvalue weighted by Gasteiger charge is -2.13. The minimum Gasteiger partial charge on any atom is -0.382 e. The fourth-order valence-corrected chi connectivity index (χ4v) is 3.55. The van der Waals surface area contributed by atoms with E-state index in [-0.39, 0.29) is 11.9 Å². The third-order valence-corrected chi connectivity index (χ3v) is 5.49. The highest BCUT2D eigenvalue weighted by molar-refractivity contribution is 8.14. The largest absolute Gasteiger partial charge is 0.382 e. The number of carbonyl (C=O) groups excluding carboxylic acids is 1. The first-order chi connectivity index (χ1) is 13.0. The Hall–Kier alpha value is -1.61. The highest BCUT2D eigenvalue weighted by atomic mass is 32.2. The molecule has 4 N–H and O–H groups in total. The highest BCUT2D eigenvalue weighted by Crippen LogP contribution is 2.25. The summed E-state index contributed by atoms with van der Waals surface area (Å²) in [4.78, 5) is 17.1. The number of hydrogen-bond donors (Lipinski definition) is 3. The number of anilines is 1. The lowest BCUT2D eigenvalue weighted by Crippen LogP contribution is -2.28. The Kier molecular flexibility index (Phi) is 9.06. The van der Waals surface area contributed by atoms with E-state index in [1.807, 2.05) is 25.1 Å². The summed E-state index contributed by atoms with van der Waals surface area (Å²) in [6.07, 6.45) is 0. The average Bonchev–Trinajstić information content (AvgIpc) is 2.95. The van der Waals surface area contributed by atoms with Gasteiger partial charge >= 0.3 is 0 Å². The summed E-state index contributed by atoms with van der Waals surface area (Å²) in [5.41, 5.74) is 7.83. The summed E-state index contributed by atoms with van der Waals surface area (Å²) in [6, 6.07) is 5.89. The molecule has 2 unspecified atom stereocenters. The summed E-state index contributed by atoms with van der Waals surface area (Å²) in [6.45, 7) is 9.48. The van der Waals surface area contributed by atoms with E-state index in [0.29, 0.717) is 55.5 Å². The number of nitrogens with one attached hydrogen (secondary N) is 2. The first-order valence-corrected chi connectivity index (χ1v) is 10.2. The molecule has 1 amide bonds. The minimum atomic E-state index is -0.128. The molecule has 7 nitrogen and oxygen atoms in total. The van der Waals surface area contributed by atoms with E-state index < -0.39 is 0 Å². The van der Waals surface area contributed by atoms with Gasteiger partial charge in [-0.2, -0.15) is 0 Å².